The van der Waals surface area contributed by atoms with Crippen LogP contribution in [0.15, 0.2) is 17.7 Å². The summed E-state index contributed by atoms with van der Waals surface area (Å²) in [6.07, 6.45) is 2.06. The Labute approximate surface area is 203 Å². The van der Waals surface area contributed by atoms with E-state index in [0.29, 0.717) is 29.2 Å². The molecule has 1 atom stereocenters. The first-order valence-electron chi connectivity index (χ1n) is 11.4. The molecule has 0 saturated heterocycles. The Bertz CT molecular complexity index is 1180. The summed E-state index contributed by atoms with van der Waals surface area (Å²) in [4.78, 5) is 13.8. The number of allylic oxidation sites excluding steroid dienone is 2. The van der Waals surface area contributed by atoms with E-state index in [-0.39, 0.29) is 17.2 Å². The third kappa shape index (κ3) is 5.69. The average Bonchev–Trinajstić information content (AvgIpc) is 3.04. The normalized spacial score (nSPS) is 12.5. The molecule has 0 spiro atoms. The lowest BCUT2D eigenvalue weighted by molar-refractivity contribution is 0.103. The fraction of sp³-hybridized carbons (Fsp3) is 0.520. The molecule has 6 nitrogen and oxygen atoms in total. The molecule has 0 amide bonds. The zero-order valence-corrected chi connectivity index (χ0v) is 22.4. The molecule has 0 aliphatic rings. The Balaban J connectivity index is 2.72. The molecule has 0 fully saturated rings. The van der Waals surface area contributed by atoms with Crippen LogP contribution in [0.25, 0.3) is 5.57 Å². The van der Waals surface area contributed by atoms with Crippen LogP contribution in [-0.2, 0) is 16.7 Å². The minimum absolute atomic E-state index is 0.0129. The van der Waals surface area contributed by atoms with E-state index < -0.39 is 15.4 Å². The minimum Gasteiger partial charge on any atom is -0.361 e. The fourth-order valence-electron chi connectivity index (χ4n) is 3.53. The Kier molecular flexibility index (Phi) is 8.94. The number of hydrogen-bond acceptors (Lipinski definition) is 5. The number of hydrogen-bond donors (Lipinski definition) is 0. The number of carbonyl (C=O) groups is 1. The molecular formula is C25H35ClN2O4S. The van der Waals surface area contributed by atoms with E-state index in [0.717, 1.165) is 35.1 Å². The van der Waals surface area contributed by atoms with E-state index in [2.05, 4.69) is 5.10 Å². The highest BCUT2D eigenvalue weighted by Gasteiger charge is 2.31. The zero-order valence-electron chi connectivity index (χ0n) is 20.9. The number of aryl methyl sites for hydroxylation is 2. The van der Waals surface area contributed by atoms with Gasteiger partial charge in [-0.05, 0) is 83.2 Å². The van der Waals surface area contributed by atoms with Gasteiger partial charge >= 0.3 is 10.1 Å². The maximum Gasteiger partial charge on any atom is 0.313 e. The monoisotopic (exact) mass is 494 g/mol. The van der Waals surface area contributed by atoms with Crippen LogP contribution in [0, 0.1) is 13.8 Å². The predicted octanol–water partition coefficient (Wildman–Crippen LogP) is 6.50. The van der Waals surface area contributed by atoms with Gasteiger partial charge in [-0.2, -0.15) is 13.5 Å². The van der Waals surface area contributed by atoms with Gasteiger partial charge in [0.15, 0.2) is 0 Å². The van der Waals surface area contributed by atoms with E-state index in [9.17, 15) is 13.2 Å². The van der Waals surface area contributed by atoms with Crippen molar-refractivity contribution in [3.8, 4) is 5.88 Å². The number of ketones is 1. The number of halogens is 1. The molecule has 0 saturated carbocycles. The summed E-state index contributed by atoms with van der Waals surface area (Å²) in [6.45, 7) is 15.4. The quantitative estimate of drug-likeness (QED) is 0.278. The molecule has 1 heterocycles. The first-order valence-corrected chi connectivity index (χ1v) is 13.2. The van der Waals surface area contributed by atoms with Crippen LogP contribution >= 0.6 is 11.6 Å². The molecule has 33 heavy (non-hydrogen) atoms. The molecule has 0 N–H and O–H groups in total. The van der Waals surface area contributed by atoms with Crippen molar-refractivity contribution in [2.75, 3.05) is 0 Å². The van der Waals surface area contributed by atoms with Crippen LogP contribution < -0.4 is 4.18 Å². The van der Waals surface area contributed by atoms with Gasteiger partial charge < -0.3 is 4.18 Å². The van der Waals surface area contributed by atoms with Gasteiger partial charge in [-0.1, -0.05) is 37.4 Å². The summed E-state index contributed by atoms with van der Waals surface area (Å²) < 4.78 is 32.7. The number of rotatable bonds is 10. The highest BCUT2D eigenvalue weighted by Crippen LogP contribution is 2.34. The summed E-state index contributed by atoms with van der Waals surface area (Å²) in [7, 11) is -3.93. The smallest absolute Gasteiger partial charge is 0.313 e. The third-order valence-corrected chi connectivity index (χ3v) is 8.10. The first-order chi connectivity index (χ1) is 15.4. The van der Waals surface area contributed by atoms with Gasteiger partial charge in [-0.15, -0.1) is 0 Å². The number of benzene rings is 1. The lowest BCUT2D eigenvalue weighted by atomic mass is 9.91. The van der Waals surface area contributed by atoms with Crippen molar-refractivity contribution < 1.29 is 17.4 Å². The number of nitrogens with zero attached hydrogens (tertiary/aromatic N) is 2. The predicted molar refractivity (Wildman–Crippen MR) is 135 cm³/mol. The Morgan fingerprint density at radius 2 is 1.79 bits per heavy atom. The molecule has 0 aliphatic heterocycles. The van der Waals surface area contributed by atoms with E-state index in [1.807, 2.05) is 34.6 Å². The van der Waals surface area contributed by atoms with Crippen molar-refractivity contribution in [1.82, 2.24) is 9.78 Å². The second kappa shape index (κ2) is 10.9. The van der Waals surface area contributed by atoms with Crippen LogP contribution in [0.1, 0.15) is 93.5 Å². The molecule has 2 aromatic rings. The highest BCUT2D eigenvalue weighted by molar-refractivity contribution is 7.87. The summed E-state index contributed by atoms with van der Waals surface area (Å²) in [6, 6.07) is 3.38. The van der Waals surface area contributed by atoms with Crippen molar-refractivity contribution in [3.05, 3.63) is 50.7 Å². The van der Waals surface area contributed by atoms with Crippen LogP contribution in [0.4, 0.5) is 0 Å². The lowest BCUT2D eigenvalue weighted by Gasteiger charge is -2.16. The number of aromatic nitrogens is 2. The molecule has 1 aromatic carbocycles. The van der Waals surface area contributed by atoms with Gasteiger partial charge in [0.1, 0.15) is 5.56 Å². The van der Waals surface area contributed by atoms with Gasteiger partial charge in [0.25, 0.3) is 0 Å². The molecule has 1 aromatic heterocycles. The molecule has 0 radical (unpaired) electrons. The molecule has 0 aliphatic carbocycles. The topological polar surface area (TPSA) is 78.3 Å². The fourth-order valence-corrected chi connectivity index (χ4v) is 4.84. The van der Waals surface area contributed by atoms with Crippen LogP contribution in [0.2, 0.25) is 5.02 Å². The summed E-state index contributed by atoms with van der Waals surface area (Å²) >= 11 is 6.49. The SMILES string of the molecule is CCCCn1nc(C)c(C(=O)c2ccc(Cl)c(C(C)=C(C)C)c2C)c1OS(=O)(=O)C(C)CC. The van der Waals surface area contributed by atoms with E-state index >= 15 is 0 Å². The van der Waals surface area contributed by atoms with Crippen LogP contribution in [0.3, 0.4) is 0 Å². The largest absolute Gasteiger partial charge is 0.361 e. The van der Waals surface area contributed by atoms with Gasteiger partial charge in [0.05, 0.1) is 10.9 Å². The summed E-state index contributed by atoms with van der Waals surface area (Å²) in [5, 5.41) is 4.32. The summed E-state index contributed by atoms with van der Waals surface area (Å²) in [5.41, 5.74) is 4.69. The van der Waals surface area contributed by atoms with E-state index in [1.165, 1.54) is 4.68 Å². The second-order valence-electron chi connectivity index (χ2n) is 8.69. The Morgan fingerprint density at radius 3 is 2.33 bits per heavy atom. The number of unbranched alkanes of at least 4 members (excludes halogenated alkanes) is 1. The third-order valence-electron chi connectivity index (χ3n) is 6.08. The molecule has 1 unspecified atom stereocenters. The first kappa shape index (κ1) is 27.1. The van der Waals surface area contributed by atoms with E-state index in [1.54, 1.807) is 32.9 Å². The summed E-state index contributed by atoms with van der Waals surface area (Å²) in [5.74, 6) is -0.345. The maximum absolute atomic E-state index is 13.8. The number of carbonyl (C=O) groups excluding carboxylic acids is 1. The highest BCUT2D eigenvalue weighted by atomic mass is 35.5. The molecule has 0 bridgehead atoms. The Hall–Kier alpha value is -2.12. The molecule has 2 rings (SSSR count). The molecule has 8 heteroatoms. The van der Waals surface area contributed by atoms with Gasteiger partial charge in [-0.25, -0.2) is 4.68 Å². The van der Waals surface area contributed by atoms with E-state index in [4.69, 9.17) is 15.8 Å². The van der Waals surface area contributed by atoms with Crippen LogP contribution in [-0.4, -0.2) is 29.2 Å². The van der Waals surface area contributed by atoms with Crippen molar-refractivity contribution in [2.24, 2.45) is 0 Å². The maximum atomic E-state index is 13.8. The standard InChI is InChI=1S/C25H35ClN2O4S/c1-9-11-14-28-25(32-33(30,31)16(5)10-2)23(19(8)27-28)24(29)20-12-13-21(26)22(18(20)7)17(6)15(3)4/h12-13,16H,9-11,14H2,1-8H3. The molecule has 182 valence electrons. The van der Waals surface area contributed by atoms with Gasteiger partial charge in [-0.3, -0.25) is 4.79 Å². The average molecular weight is 495 g/mol. The van der Waals surface area contributed by atoms with Crippen molar-refractivity contribution in [2.45, 2.75) is 86.4 Å². The second-order valence-corrected chi connectivity index (χ2v) is 11.1. The van der Waals surface area contributed by atoms with Gasteiger partial charge in [0, 0.05) is 17.1 Å². The molecular weight excluding hydrogens is 460 g/mol. The van der Waals surface area contributed by atoms with Crippen molar-refractivity contribution in [3.63, 3.8) is 0 Å². The van der Waals surface area contributed by atoms with Crippen LogP contribution in [0.5, 0.6) is 5.88 Å². The van der Waals surface area contributed by atoms with Crippen molar-refractivity contribution >= 4 is 33.1 Å². The lowest BCUT2D eigenvalue weighted by Crippen LogP contribution is -2.24. The Morgan fingerprint density at radius 1 is 1.15 bits per heavy atom. The zero-order chi connectivity index (χ0) is 25.1. The van der Waals surface area contributed by atoms with Gasteiger partial charge in [0.2, 0.25) is 11.7 Å². The van der Waals surface area contributed by atoms with Crippen molar-refractivity contribution in [1.29, 1.82) is 0 Å². The minimum atomic E-state index is -3.93.